The summed E-state index contributed by atoms with van der Waals surface area (Å²) in [7, 11) is -2.69. The van der Waals surface area contributed by atoms with Crippen LogP contribution in [0.25, 0.3) is 10.9 Å². The molecular weight excluding hydrogens is 620 g/mol. The van der Waals surface area contributed by atoms with Crippen LogP contribution in [0.1, 0.15) is 71.5 Å². The lowest BCUT2D eigenvalue weighted by atomic mass is 9.88. The first-order chi connectivity index (χ1) is 22.6. The van der Waals surface area contributed by atoms with Crippen LogP contribution in [0.5, 0.6) is 5.75 Å². The van der Waals surface area contributed by atoms with E-state index in [4.69, 9.17) is 9.47 Å². The lowest BCUT2D eigenvalue weighted by molar-refractivity contribution is -0.130. The van der Waals surface area contributed by atoms with Gasteiger partial charge in [0, 0.05) is 47.0 Å². The van der Waals surface area contributed by atoms with Gasteiger partial charge in [-0.05, 0) is 93.0 Å². The van der Waals surface area contributed by atoms with Crippen LogP contribution in [-0.4, -0.2) is 62.5 Å². The van der Waals surface area contributed by atoms with Crippen molar-refractivity contribution in [2.75, 3.05) is 25.5 Å². The molecule has 246 valence electrons. The van der Waals surface area contributed by atoms with Gasteiger partial charge in [-0.15, -0.1) is 0 Å². The van der Waals surface area contributed by atoms with Crippen LogP contribution in [0.3, 0.4) is 0 Å². The summed E-state index contributed by atoms with van der Waals surface area (Å²) in [5.41, 5.74) is 3.05. The number of aryl methyl sites for hydroxylation is 1. The van der Waals surface area contributed by atoms with E-state index in [-0.39, 0.29) is 28.2 Å². The van der Waals surface area contributed by atoms with E-state index in [0.29, 0.717) is 35.5 Å². The van der Waals surface area contributed by atoms with Gasteiger partial charge in [0.25, 0.3) is 15.9 Å². The number of aromatic nitrogens is 1. The van der Waals surface area contributed by atoms with E-state index in [1.807, 2.05) is 17.0 Å². The van der Waals surface area contributed by atoms with Crippen LogP contribution in [0.15, 0.2) is 71.8 Å². The zero-order valence-corrected chi connectivity index (χ0v) is 27.2. The van der Waals surface area contributed by atoms with Crippen LogP contribution in [-0.2, 0) is 19.6 Å². The number of benzene rings is 3. The first-order valence-electron chi connectivity index (χ1n) is 15.8. The molecule has 1 aliphatic heterocycles. The molecule has 1 atom stereocenters. The smallest absolute Gasteiger partial charge is 0.411 e. The van der Waals surface area contributed by atoms with Gasteiger partial charge in [-0.25, -0.2) is 17.9 Å². The number of nitrogens with zero attached hydrogens (tertiary/aromatic N) is 1. The van der Waals surface area contributed by atoms with Crippen LogP contribution in [0, 0.1) is 6.92 Å². The molecule has 1 aliphatic carbocycles. The molecule has 1 unspecified atom stereocenters. The molecule has 47 heavy (non-hydrogen) atoms. The van der Waals surface area contributed by atoms with Crippen molar-refractivity contribution in [2.45, 2.75) is 62.4 Å². The van der Waals surface area contributed by atoms with Crippen molar-refractivity contribution in [1.29, 1.82) is 0 Å². The van der Waals surface area contributed by atoms with E-state index >= 15 is 0 Å². The minimum absolute atomic E-state index is 0.00760. The normalized spacial score (nSPS) is 15.8. The molecule has 1 saturated carbocycles. The van der Waals surface area contributed by atoms with Gasteiger partial charge >= 0.3 is 6.09 Å². The van der Waals surface area contributed by atoms with Crippen molar-refractivity contribution in [2.24, 2.45) is 0 Å². The Bertz CT molecular complexity index is 1930. The van der Waals surface area contributed by atoms with Gasteiger partial charge < -0.3 is 19.4 Å². The number of nitrogens with one attached hydrogen (secondary N) is 3. The number of hydrogen-bond acceptors (Lipinski definition) is 7. The number of ether oxygens (including phenoxy) is 2. The number of sulfonamides is 1. The van der Waals surface area contributed by atoms with Crippen LogP contribution in [0.2, 0.25) is 0 Å². The molecule has 3 amide bonds. The summed E-state index contributed by atoms with van der Waals surface area (Å²) in [6.45, 7) is 2.90. The van der Waals surface area contributed by atoms with Crippen molar-refractivity contribution < 1.29 is 32.3 Å². The zero-order chi connectivity index (χ0) is 33.1. The quantitative estimate of drug-likeness (QED) is 0.205. The van der Waals surface area contributed by atoms with E-state index in [9.17, 15) is 22.8 Å². The molecular formula is C35H38N4O7S. The average Bonchev–Trinajstić information content (AvgIpc) is 3.85. The Morgan fingerprint density at radius 2 is 1.68 bits per heavy atom. The first-order valence-corrected chi connectivity index (χ1v) is 17.3. The highest BCUT2D eigenvalue weighted by molar-refractivity contribution is 7.90. The summed E-state index contributed by atoms with van der Waals surface area (Å²) in [6, 6.07) is 16.4. The Hall–Kier alpha value is -4.84. The van der Waals surface area contributed by atoms with Gasteiger partial charge in [0.1, 0.15) is 11.9 Å². The van der Waals surface area contributed by atoms with Crippen molar-refractivity contribution in [1.82, 2.24) is 14.6 Å². The molecule has 11 nitrogen and oxygen atoms in total. The number of fused-ring (bicyclic) bond motifs is 1. The maximum atomic E-state index is 14.2. The third kappa shape index (κ3) is 6.83. The monoisotopic (exact) mass is 658 g/mol. The van der Waals surface area contributed by atoms with Crippen LogP contribution < -0.4 is 14.8 Å². The summed E-state index contributed by atoms with van der Waals surface area (Å²) < 4.78 is 39.5. The molecule has 2 fully saturated rings. The minimum Gasteiger partial charge on any atom is -0.496 e. The highest BCUT2D eigenvalue weighted by Gasteiger charge is 2.34. The van der Waals surface area contributed by atoms with Gasteiger partial charge in [0.15, 0.2) is 0 Å². The largest absolute Gasteiger partial charge is 0.496 e. The highest BCUT2D eigenvalue weighted by atomic mass is 32.2. The molecule has 12 heteroatoms. The first kappa shape index (κ1) is 32.1. The van der Waals surface area contributed by atoms with Gasteiger partial charge in [-0.2, -0.15) is 0 Å². The van der Waals surface area contributed by atoms with E-state index in [0.717, 1.165) is 49.4 Å². The SMILES string of the molecule is COc1cc(C(=O)NS(=O)(=O)c2ccccc2C)ccc1C(C(=O)N1CCCC1)c1c[nH]c2ccc(NC(=O)OC3CCCC3)cc12. The second kappa shape index (κ2) is 13.5. The van der Waals surface area contributed by atoms with Crippen molar-refractivity contribution in [3.8, 4) is 5.75 Å². The fourth-order valence-electron chi connectivity index (χ4n) is 6.50. The predicted molar refractivity (Wildman–Crippen MR) is 177 cm³/mol. The van der Waals surface area contributed by atoms with Gasteiger partial charge in [-0.3, -0.25) is 14.9 Å². The fraction of sp³-hybridized carbons (Fsp3) is 0.343. The van der Waals surface area contributed by atoms with Gasteiger partial charge in [0.05, 0.1) is 17.9 Å². The number of methoxy groups -OCH3 is 1. The summed E-state index contributed by atoms with van der Waals surface area (Å²) in [5.74, 6) is -1.51. The molecule has 2 heterocycles. The second-order valence-electron chi connectivity index (χ2n) is 12.1. The lowest BCUT2D eigenvalue weighted by Crippen LogP contribution is -2.33. The molecule has 1 saturated heterocycles. The number of carbonyl (C=O) groups is 3. The summed E-state index contributed by atoms with van der Waals surface area (Å²) in [6.07, 6.45) is 6.79. The molecule has 3 aromatic carbocycles. The van der Waals surface area contributed by atoms with Crippen molar-refractivity contribution >= 4 is 44.5 Å². The zero-order valence-electron chi connectivity index (χ0n) is 26.4. The maximum absolute atomic E-state index is 14.2. The number of likely N-dealkylation sites (tertiary alicyclic amines) is 1. The van der Waals surface area contributed by atoms with E-state index in [2.05, 4.69) is 15.0 Å². The van der Waals surface area contributed by atoms with Crippen LogP contribution >= 0.6 is 0 Å². The lowest BCUT2D eigenvalue weighted by Gasteiger charge is -2.25. The third-order valence-corrected chi connectivity index (χ3v) is 10.4. The fourth-order valence-corrected chi connectivity index (χ4v) is 7.72. The average molecular weight is 659 g/mol. The molecule has 4 aromatic rings. The standard InChI is InChI=1S/C35H38N4O7S/c1-22-9-3-6-12-31(22)47(43,44)38-33(40)23-13-15-26(30(19-23)45-2)32(34(41)39-17-7-8-18-39)28-21-36-29-16-14-24(20-27(28)29)37-35(42)46-25-10-4-5-11-25/h3,6,9,12-16,19-21,25,32,36H,4-5,7-8,10-11,17-18H2,1-2H3,(H,37,42)(H,38,40). The second-order valence-corrected chi connectivity index (χ2v) is 13.7. The Kier molecular flexibility index (Phi) is 9.21. The third-order valence-electron chi connectivity index (χ3n) is 8.93. The van der Waals surface area contributed by atoms with Gasteiger partial charge in [-0.1, -0.05) is 24.3 Å². The molecule has 3 N–H and O–H groups in total. The Morgan fingerprint density at radius 3 is 2.40 bits per heavy atom. The van der Waals surface area contributed by atoms with Crippen molar-refractivity contribution in [3.05, 3.63) is 89.1 Å². The minimum atomic E-state index is -4.13. The number of H-pyrrole nitrogens is 1. The Balaban J connectivity index is 1.34. The topological polar surface area (TPSA) is 147 Å². The summed E-state index contributed by atoms with van der Waals surface area (Å²) in [5, 5.41) is 3.56. The summed E-state index contributed by atoms with van der Waals surface area (Å²) >= 11 is 0. The Labute approximate surface area is 273 Å². The predicted octanol–water partition coefficient (Wildman–Crippen LogP) is 5.85. The molecule has 0 spiro atoms. The molecule has 1 aromatic heterocycles. The van der Waals surface area contributed by atoms with Crippen molar-refractivity contribution in [3.63, 3.8) is 0 Å². The molecule has 0 radical (unpaired) electrons. The number of carbonyl (C=O) groups excluding carboxylic acids is 3. The summed E-state index contributed by atoms with van der Waals surface area (Å²) in [4.78, 5) is 45.1. The molecule has 0 bridgehead atoms. The number of aromatic amines is 1. The van der Waals surface area contributed by atoms with E-state index in [1.165, 1.54) is 25.3 Å². The molecule has 6 rings (SSSR count). The maximum Gasteiger partial charge on any atom is 0.411 e. The number of anilines is 1. The number of hydrogen-bond donors (Lipinski definition) is 3. The highest BCUT2D eigenvalue weighted by Crippen LogP contribution is 2.39. The number of rotatable bonds is 9. The van der Waals surface area contributed by atoms with Gasteiger partial charge in [0.2, 0.25) is 5.91 Å². The molecule has 2 aliphatic rings. The van der Waals surface area contributed by atoms with E-state index in [1.54, 1.807) is 43.5 Å². The Morgan fingerprint density at radius 1 is 0.936 bits per heavy atom. The van der Waals surface area contributed by atoms with E-state index < -0.39 is 27.9 Å². The number of amides is 3. The van der Waals surface area contributed by atoms with Crippen LogP contribution in [0.4, 0.5) is 10.5 Å².